The topological polar surface area (TPSA) is 52.6 Å². The van der Waals surface area contributed by atoms with E-state index in [1.807, 2.05) is 6.92 Å². The molecule has 4 heteroatoms. The highest BCUT2D eigenvalue weighted by Gasteiger charge is 2.16. The molecule has 0 aliphatic rings. The van der Waals surface area contributed by atoms with Crippen molar-refractivity contribution in [1.29, 1.82) is 0 Å². The molecule has 136 valence electrons. The van der Waals surface area contributed by atoms with Crippen molar-refractivity contribution in [3.8, 4) is 0 Å². The van der Waals surface area contributed by atoms with Gasteiger partial charge in [-0.15, -0.1) is 0 Å². The van der Waals surface area contributed by atoms with E-state index in [1.165, 1.54) is 25.7 Å². The summed E-state index contributed by atoms with van der Waals surface area (Å²) in [6.45, 7) is 6.37. The molecular weight excluding hydrogens is 292 g/mol. The second-order valence-electron chi connectivity index (χ2n) is 6.35. The fourth-order valence-electron chi connectivity index (χ4n) is 2.38. The van der Waals surface area contributed by atoms with E-state index >= 15 is 0 Å². The van der Waals surface area contributed by atoms with E-state index in [2.05, 4.69) is 13.8 Å². The van der Waals surface area contributed by atoms with E-state index in [4.69, 9.17) is 9.47 Å². The van der Waals surface area contributed by atoms with Crippen LogP contribution in [-0.2, 0) is 19.1 Å². The largest absolute Gasteiger partial charge is 0.463 e. The van der Waals surface area contributed by atoms with Crippen LogP contribution in [-0.4, -0.2) is 25.2 Å². The molecule has 0 saturated heterocycles. The third-order valence-corrected chi connectivity index (χ3v) is 3.99. The van der Waals surface area contributed by atoms with Crippen molar-refractivity contribution in [2.24, 2.45) is 5.92 Å². The lowest BCUT2D eigenvalue weighted by atomic mass is 10.0. The SMILES string of the molecule is CCCCCCCCC(C)C(=O)OCC(=O)OCCCCCC. The summed E-state index contributed by atoms with van der Waals surface area (Å²) in [5.74, 6) is -0.873. The van der Waals surface area contributed by atoms with Gasteiger partial charge in [0.1, 0.15) is 0 Å². The number of hydrogen-bond donors (Lipinski definition) is 0. The first kappa shape index (κ1) is 21.9. The van der Waals surface area contributed by atoms with Gasteiger partial charge in [0.15, 0.2) is 6.61 Å². The minimum Gasteiger partial charge on any atom is -0.463 e. The normalized spacial score (nSPS) is 12.0. The Hall–Kier alpha value is -1.06. The number of hydrogen-bond acceptors (Lipinski definition) is 4. The fourth-order valence-corrected chi connectivity index (χ4v) is 2.38. The number of unbranched alkanes of at least 4 members (excludes halogenated alkanes) is 8. The van der Waals surface area contributed by atoms with Crippen LogP contribution in [0.25, 0.3) is 0 Å². The molecule has 0 spiro atoms. The van der Waals surface area contributed by atoms with Crippen molar-refractivity contribution < 1.29 is 19.1 Å². The molecule has 0 fully saturated rings. The van der Waals surface area contributed by atoms with Gasteiger partial charge in [-0.2, -0.15) is 0 Å². The first-order valence-electron chi connectivity index (χ1n) is 9.44. The van der Waals surface area contributed by atoms with Crippen molar-refractivity contribution in [2.45, 2.75) is 91.4 Å². The summed E-state index contributed by atoms with van der Waals surface area (Å²) < 4.78 is 10.1. The Morgan fingerprint density at radius 1 is 0.783 bits per heavy atom. The summed E-state index contributed by atoms with van der Waals surface area (Å²) in [6, 6.07) is 0. The van der Waals surface area contributed by atoms with E-state index in [-0.39, 0.29) is 18.5 Å². The fraction of sp³-hybridized carbons (Fsp3) is 0.895. The number of rotatable bonds is 15. The number of esters is 2. The molecule has 0 amide bonds. The van der Waals surface area contributed by atoms with Gasteiger partial charge in [0, 0.05) is 0 Å². The van der Waals surface area contributed by atoms with Crippen LogP contribution in [0.4, 0.5) is 0 Å². The third-order valence-electron chi connectivity index (χ3n) is 3.99. The van der Waals surface area contributed by atoms with Gasteiger partial charge in [-0.1, -0.05) is 78.6 Å². The van der Waals surface area contributed by atoms with Gasteiger partial charge in [0.2, 0.25) is 0 Å². The van der Waals surface area contributed by atoms with E-state index in [0.717, 1.165) is 44.9 Å². The molecule has 4 nitrogen and oxygen atoms in total. The highest BCUT2D eigenvalue weighted by atomic mass is 16.6. The number of carbonyl (C=O) groups is 2. The Kier molecular flexibility index (Phi) is 15.1. The summed E-state index contributed by atoms with van der Waals surface area (Å²) in [5, 5.41) is 0. The van der Waals surface area contributed by atoms with E-state index in [9.17, 15) is 9.59 Å². The van der Waals surface area contributed by atoms with Crippen LogP contribution in [0.15, 0.2) is 0 Å². The van der Waals surface area contributed by atoms with Crippen molar-refractivity contribution in [1.82, 2.24) is 0 Å². The molecule has 1 atom stereocenters. The average Bonchev–Trinajstić information content (AvgIpc) is 2.55. The van der Waals surface area contributed by atoms with Gasteiger partial charge in [0.25, 0.3) is 0 Å². The second-order valence-corrected chi connectivity index (χ2v) is 6.35. The highest BCUT2D eigenvalue weighted by molar-refractivity contribution is 5.77. The maximum Gasteiger partial charge on any atom is 0.344 e. The number of ether oxygens (including phenoxy) is 2. The summed E-state index contributed by atoms with van der Waals surface area (Å²) in [7, 11) is 0. The molecule has 0 rings (SSSR count). The summed E-state index contributed by atoms with van der Waals surface area (Å²) >= 11 is 0. The van der Waals surface area contributed by atoms with Gasteiger partial charge in [-0.05, 0) is 12.8 Å². The average molecular weight is 328 g/mol. The van der Waals surface area contributed by atoms with Gasteiger partial charge >= 0.3 is 11.9 Å². The predicted molar refractivity (Wildman–Crippen MR) is 93.2 cm³/mol. The van der Waals surface area contributed by atoms with E-state index < -0.39 is 5.97 Å². The molecule has 0 radical (unpaired) electrons. The lowest BCUT2D eigenvalue weighted by molar-refractivity contribution is -0.161. The molecule has 0 N–H and O–H groups in total. The summed E-state index contributed by atoms with van der Waals surface area (Å²) in [5.41, 5.74) is 0. The lowest BCUT2D eigenvalue weighted by Crippen LogP contribution is -2.21. The smallest absolute Gasteiger partial charge is 0.344 e. The molecule has 0 saturated carbocycles. The summed E-state index contributed by atoms with van der Waals surface area (Å²) in [4.78, 5) is 23.3. The first-order valence-corrected chi connectivity index (χ1v) is 9.44. The predicted octanol–water partition coefficient (Wildman–Crippen LogP) is 5.04. The maximum atomic E-state index is 11.8. The van der Waals surface area contributed by atoms with Crippen molar-refractivity contribution in [2.75, 3.05) is 13.2 Å². The van der Waals surface area contributed by atoms with Crippen LogP contribution < -0.4 is 0 Å². The van der Waals surface area contributed by atoms with Gasteiger partial charge in [0.05, 0.1) is 12.5 Å². The van der Waals surface area contributed by atoms with Crippen molar-refractivity contribution in [3.05, 3.63) is 0 Å². The van der Waals surface area contributed by atoms with Gasteiger partial charge in [-0.3, -0.25) is 4.79 Å². The minimum atomic E-state index is -0.443. The Balaban J connectivity index is 3.57. The zero-order valence-corrected chi connectivity index (χ0v) is 15.4. The molecule has 0 aromatic carbocycles. The van der Waals surface area contributed by atoms with Crippen molar-refractivity contribution >= 4 is 11.9 Å². The van der Waals surface area contributed by atoms with Crippen LogP contribution in [0, 0.1) is 5.92 Å². The number of carbonyl (C=O) groups excluding carboxylic acids is 2. The molecule has 1 unspecified atom stereocenters. The highest BCUT2D eigenvalue weighted by Crippen LogP contribution is 2.13. The van der Waals surface area contributed by atoms with E-state index in [0.29, 0.717) is 6.61 Å². The van der Waals surface area contributed by atoms with Crippen LogP contribution >= 0.6 is 0 Å². The quantitative estimate of drug-likeness (QED) is 0.312. The van der Waals surface area contributed by atoms with E-state index in [1.54, 1.807) is 0 Å². The monoisotopic (exact) mass is 328 g/mol. The van der Waals surface area contributed by atoms with Gasteiger partial charge in [-0.25, -0.2) is 4.79 Å². The Bertz CT molecular complexity index is 302. The Morgan fingerprint density at radius 2 is 1.35 bits per heavy atom. The van der Waals surface area contributed by atoms with Crippen LogP contribution in [0.1, 0.15) is 91.4 Å². The van der Waals surface area contributed by atoms with Crippen LogP contribution in [0.2, 0.25) is 0 Å². The van der Waals surface area contributed by atoms with Gasteiger partial charge < -0.3 is 9.47 Å². The Morgan fingerprint density at radius 3 is 2.00 bits per heavy atom. The standard InChI is InChI=1S/C19H36O4/c1-4-6-8-10-11-12-14-17(3)19(21)23-16-18(20)22-15-13-9-7-5-2/h17H,4-16H2,1-3H3. The second kappa shape index (κ2) is 15.8. The molecular formula is C19H36O4. The third kappa shape index (κ3) is 14.3. The molecule has 0 bridgehead atoms. The zero-order chi connectivity index (χ0) is 17.3. The van der Waals surface area contributed by atoms with Crippen LogP contribution in [0.3, 0.4) is 0 Å². The van der Waals surface area contributed by atoms with Crippen molar-refractivity contribution in [3.63, 3.8) is 0 Å². The molecule has 0 aliphatic heterocycles. The molecule has 0 aliphatic carbocycles. The Labute approximate surface area is 142 Å². The molecule has 23 heavy (non-hydrogen) atoms. The first-order chi connectivity index (χ1) is 11.1. The maximum absolute atomic E-state index is 11.8. The minimum absolute atomic E-state index is 0.140. The zero-order valence-electron chi connectivity index (χ0n) is 15.4. The molecule has 0 aromatic rings. The summed E-state index contributed by atoms with van der Waals surface area (Å²) in [6.07, 6.45) is 12.3. The molecule has 0 aromatic heterocycles. The van der Waals surface area contributed by atoms with Crippen LogP contribution in [0.5, 0.6) is 0 Å². The molecule has 0 heterocycles. The lowest BCUT2D eigenvalue weighted by Gasteiger charge is -2.11.